The van der Waals surface area contributed by atoms with Crippen LogP contribution in [0.25, 0.3) is 0 Å². The van der Waals surface area contributed by atoms with Crippen molar-refractivity contribution in [3.8, 4) is 0 Å². The average molecular weight is 196 g/mol. The van der Waals surface area contributed by atoms with Gasteiger partial charge in [-0.25, -0.2) is 4.39 Å². The summed E-state index contributed by atoms with van der Waals surface area (Å²) < 4.78 is 18.4. The predicted octanol–water partition coefficient (Wildman–Crippen LogP) is 1.65. The van der Waals surface area contributed by atoms with E-state index in [2.05, 4.69) is 0 Å². The SMILES string of the molecule is CCOCc1ccc(C(=N)N)cc1F. The monoisotopic (exact) mass is 196 g/mol. The quantitative estimate of drug-likeness (QED) is 0.568. The molecular formula is C10H13FN2O. The second-order valence-electron chi connectivity index (χ2n) is 2.86. The molecular weight excluding hydrogens is 183 g/mol. The van der Waals surface area contributed by atoms with Gasteiger partial charge in [0.05, 0.1) is 6.61 Å². The number of rotatable bonds is 4. The van der Waals surface area contributed by atoms with Crippen molar-refractivity contribution in [2.45, 2.75) is 13.5 Å². The molecule has 0 aliphatic rings. The van der Waals surface area contributed by atoms with Gasteiger partial charge in [-0.15, -0.1) is 0 Å². The number of amidine groups is 1. The van der Waals surface area contributed by atoms with Crippen LogP contribution in [0.2, 0.25) is 0 Å². The molecule has 0 aliphatic heterocycles. The van der Waals surface area contributed by atoms with E-state index in [9.17, 15) is 4.39 Å². The number of nitrogen functional groups attached to an aromatic ring is 1. The van der Waals surface area contributed by atoms with Crippen molar-refractivity contribution in [1.29, 1.82) is 5.41 Å². The molecule has 0 bridgehead atoms. The van der Waals surface area contributed by atoms with Crippen LogP contribution in [0.4, 0.5) is 4.39 Å². The smallest absolute Gasteiger partial charge is 0.129 e. The fourth-order valence-electron chi connectivity index (χ4n) is 1.04. The molecule has 0 saturated carbocycles. The molecule has 4 heteroatoms. The zero-order valence-electron chi connectivity index (χ0n) is 8.01. The molecule has 0 spiro atoms. The number of hydrogen-bond acceptors (Lipinski definition) is 2. The van der Waals surface area contributed by atoms with Crippen molar-refractivity contribution in [2.75, 3.05) is 6.61 Å². The molecule has 1 aromatic carbocycles. The third-order valence-electron chi connectivity index (χ3n) is 1.83. The van der Waals surface area contributed by atoms with E-state index >= 15 is 0 Å². The fraction of sp³-hybridized carbons (Fsp3) is 0.300. The summed E-state index contributed by atoms with van der Waals surface area (Å²) in [5.74, 6) is -0.516. The standard InChI is InChI=1S/C10H13FN2O/c1-2-14-6-8-4-3-7(10(12)13)5-9(8)11/h3-5H,2,6H2,1H3,(H3,12,13). The Labute approximate surface area is 82.2 Å². The molecule has 0 aromatic heterocycles. The van der Waals surface area contributed by atoms with Gasteiger partial charge in [0.15, 0.2) is 0 Å². The minimum Gasteiger partial charge on any atom is -0.384 e. The molecule has 1 rings (SSSR count). The lowest BCUT2D eigenvalue weighted by Gasteiger charge is -2.05. The van der Waals surface area contributed by atoms with E-state index in [1.807, 2.05) is 6.92 Å². The normalized spacial score (nSPS) is 10.1. The van der Waals surface area contributed by atoms with E-state index in [4.69, 9.17) is 15.9 Å². The predicted molar refractivity (Wildman–Crippen MR) is 52.7 cm³/mol. The summed E-state index contributed by atoms with van der Waals surface area (Å²) in [5, 5.41) is 7.12. The van der Waals surface area contributed by atoms with Gasteiger partial charge in [-0.1, -0.05) is 12.1 Å². The third kappa shape index (κ3) is 2.53. The summed E-state index contributed by atoms with van der Waals surface area (Å²) in [6.07, 6.45) is 0. The van der Waals surface area contributed by atoms with Crippen LogP contribution in [0, 0.1) is 11.2 Å². The highest BCUT2D eigenvalue weighted by atomic mass is 19.1. The van der Waals surface area contributed by atoms with Crippen molar-refractivity contribution < 1.29 is 9.13 Å². The first-order valence-corrected chi connectivity index (χ1v) is 4.35. The number of hydrogen-bond donors (Lipinski definition) is 2. The summed E-state index contributed by atoms with van der Waals surface area (Å²) in [7, 11) is 0. The van der Waals surface area contributed by atoms with Gasteiger partial charge >= 0.3 is 0 Å². The van der Waals surface area contributed by atoms with Gasteiger partial charge < -0.3 is 10.5 Å². The molecule has 3 N–H and O–H groups in total. The van der Waals surface area contributed by atoms with Crippen LogP contribution in [0.15, 0.2) is 18.2 Å². The maximum absolute atomic E-state index is 13.3. The Morgan fingerprint density at radius 3 is 2.79 bits per heavy atom. The largest absolute Gasteiger partial charge is 0.384 e. The number of ether oxygens (including phenoxy) is 1. The molecule has 76 valence electrons. The minimum absolute atomic E-state index is 0.133. The number of nitrogens with one attached hydrogen (secondary N) is 1. The maximum atomic E-state index is 13.3. The van der Waals surface area contributed by atoms with Gasteiger partial charge in [0.25, 0.3) is 0 Å². The second kappa shape index (κ2) is 4.72. The fourth-order valence-corrected chi connectivity index (χ4v) is 1.04. The molecule has 14 heavy (non-hydrogen) atoms. The molecule has 0 fully saturated rings. The van der Waals surface area contributed by atoms with Crippen molar-refractivity contribution in [2.24, 2.45) is 5.73 Å². The van der Waals surface area contributed by atoms with E-state index in [-0.39, 0.29) is 18.3 Å². The van der Waals surface area contributed by atoms with Gasteiger partial charge in [0.2, 0.25) is 0 Å². The zero-order valence-corrected chi connectivity index (χ0v) is 8.01. The van der Waals surface area contributed by atoms with Crippen molar-refractivity contribution >= 4 is 5.84 Å². The Bertz CT molecular complexity index is 339. The van der Waals surface area contributed by atoms with Gasteiger partial charge in [-0.3, -0.25) is 5.41 Å². The summed E-state index contributed by atoms with van der Waals surface area (Å²) in [4.78, 5) is 0. The number of nitrogens with two attached hydrogens (primary N) is 1. The second-order valence-corrected chi connectivity index (χ2v) is 2.86. The van der Waals surface area contributed by atoms with E-state index < -0.39 is 0 Å². The van der Waals surface area contributed by atoms with Crippen LogP contribution in [0.3, 0.4) is 0 Å². The summed E-state index contributed by atoms with van der Waals surface area (Å²) in [6.45, 7) is 2.65. The lowest BCUT2D eigenvalue weighted by molar-refractivity contribution is 0.131. The van der Waals surface area contributed by atoms with Crippen LogP contribution in [0.1, 0.15) is 18.1 Å². The Hall–Kier alpha value is -1.42. The van der Waals surface area contributed by atoms with Crippen molar-refractivity contribution in [3.63, 3.8) is 0 Å². The van der Waals surface area contributed by atoms with Gasteiger partial charge in [0, 0.05) is 17.7 Å². The summed E-state index contributed by atoms with van der Waals surface area (Å²) >= 11 is 0. The first-order chi connectivity index (χ1) is 6.65. The Kier molecular flexibility index (Phi) is 3.59. The minimum atomic E-state index is -0.383. The van der Waals surface area contributed by atoms with Crippen LogP contribution in [0.5, 0.6) is 0 Å². The number of benzene rings is 1. The van der Waals surface area contributed by atoms with Crippen LogP contribution >= 0.6 is 0 Å². The Morgan fingerprint density at radius 1 is 1.57 bits per heavy atom. The summed E-state index contributed by atoms with van der Waals surface area (Å²) in [6, 6.07) is 4.44. The molecule has 0 heterocycles. The van der Waals surface area contributed by atoms with E-state index in [0.717, 1.165) is 0 Å². The Balaban J connectivity index is 2.84. The molecule has 0 saturated heterocycles. The number of halogens is 1. The molecule has 0 aliphatic carbocycles. The van der Waals surface area contributed by atoms with Gasteiger partial charge in [-0.05, 0) is 13.0 Å². The van der Waals surface area contributed by atoms with E-state index in [1.165, 1.54) is 6.07 Å². The molecule has 0 amide bonds. The molecule has 3 nitrogen and oxygen atoms in total. The molecule has 0 atom stereocenters. The highest BCUT2D eigenvalue weighted by molar-refractivity contribution is 5.94. The van der Waals surface area contributed by atoms with E-state index in [0.29, 0.717) is 17.7 Å². The highest BCUT2D eigenvalue weighted by Crippen LogP contribution is 2.11. The molecule has 0 radical (unpaired) electrons. The maximum Gasteiger partial charge on any atom is 0.129 e. The lowest BCUT2D eigenvalue weighted by Crippen LogP contribution is -2.11. The van der Waals surface area contributed by atoms with Crippen molar-refractivity contribution in [3.05, 3.63) is 35.1 Å². The lowest BCUT2D eigenvalue weighted by atomic mass is 10.1. The topological polar surface area (TPSA) is 59.1 Å². The molecule has 1 aromatic rings. The van der Waals surface area contributed by atoms with Gasteiger partial charge in [0.1, 0.15) is 11.7 Å². The Morgan fingerprint density at radius 2 is 2.29 bits per heavy atom. The summed E-state index contributed by atoms with van der Waals surface area (Å²) in [5.41, 5.74) is 6.09. The van der Waals surface area contributed by atoms with Crippen LogP contribution in [-0.4, -0.2) is 12.4 Å². The first kappa shape index (κ1) is 10.7. The van der Waals surface area contributed by atoms with Crippen molar-refractivity contribution in [1.82, 2.24) is 0 Å². The van der Waals surface area contributed by atoms with Crippen LogP contribution in [-0.2, 0) is 11.3 Å². The van der Waals surface area contributed by atoms with Gasteiger partial charge in [-0.2, -0.15) is 0 Å². The highest BCUT2D eigenvalue weighted by Gasteiger charge is 2.04. The third-order valence-corrected chi connectivity index (χ3v) is 1.83. The first-order valence-electron chi connectivity index (χ1n) is 4.35. The zero-order chi connectivity index (χ0) is 10.6. The van der Waals surface area contributed by atoms with Crippen LogP contribution < -0.4 is 5.73 Å². The average Bonchev–Trinajstić information content (AvgIpc) is 2.15. The van der Waals surface area contributed by atoms with E-state index in [1.54, 1.807) is 12.1 Å². The molecule has 0 unspecified atom stereocenters.